The number of carbonyl (C=O) groups is 2. The molecule has 116 valence electrons. The van der Waals surface area contributed by atoms with Crippen LogP contribution in [-0.4, -0.2) is 25.5 Å². The van der Waals surface area contributed by atoms with Crippen LogP contribution in [0.2, 0.25) is 0 Å². The summed E-state index contributed by atoms with van der Waals surface area (Å²) in [5.41, 5.74) is 2.64. The minimum absolute atomic E-state index is 0.0320. The van der Waals surface area contributed by atoms with E-state index >= 15 is 0 Å². The number of rotatable bonds is 6. The van der Waals surface area contributed by atoms with E-state index in [2.05, 4.69) is 10.1 Å². The fourth-order valence-electron chi connectivity index (χ4n) is 2.08. The summed E-state index contributed by atoms with van der Waals surface area (Å²) in [6, 6.07) is 9.19. The fourth-order valence-corrected chi connectivity index (χ4v) is 2.84. The summed E-state index contributed by atoms with van der Waals surface area (Å²) in [7, 11) is 1.36. The molecule has 1 atom stereocenters. The van der Waals surface area contributed by atoms with E-state index in [1.165, 1.54) is 7.11 Å². The summed E-state index contributed by atoms with van der Waals surface area (Å²) in [5.74, 6) is -0.443. The number of ether oxygens (including phenoxy) is 1. The molecule has 0 spiro atoms. The van der Waals surface area contributed by atoms with Crippen LogP contribution in [0, 0.1) is 0 Å². The summed E-state index contributed by atoms with van der Waals surface area (Å²) in [4.78, 5) is 23.4. The molecule has 0 fully saturated rings. The largest absolute Gasteiger partial charge is 0.465 e. The van der Waals surface area contributed by atoms with Crippen LogP contribution in [0.3, 0.4) is 0 Å². The number of nitrogens with one attached hydrogen (secondary N) is 1. The van der Waals surface area contributed by atoms with Crippen molar-refractivity contribution in [1.82, 2.24) is 5.32 Å². The van der Waals surface area contributed by atoms with E-state index < -0.39 is 0 Å². The van der Waals surface area contributed by atoms with Crippen molar-refractivity contribution in [2.24, 2.45) is 0 Å². The van der Waals surface area contributed by atoms with E-state index in [-0.39, 0.29) is 17.8 Å². The summed E-state index contributed by atoms with van der Waals surface area (Å²) < 4.78 is 4.66. The molecule has 4 nitrogen and oxygen atoms in total. The van der Waals surface area contributed by atoms with E-state index in [4.69, 9.17) is 0 Å². The fraction of sp³-hybridized carbons (Fsp3) is 0.294. The zero-order valence-electron chi connectivity index (χ0n) is 12.7. The number of hydrogen-bond acceptors (Lipinski definition) is 4. The molecular weight excluding hydrogens is 298 g/mol. The molecule has 1 amide bonds. The maximum atomic E-state index is 12.0. The third kappa shape index (κ3) is 4.18. The van der Waals surface area contributed by atoms with Crippen LogP contribution >= 0.6 is 11.3 Å². The third-order valence-corrected chi connectivity index (χ3v) is 4.23. The first-order chi connectivity index (χ1) is 10.6. The molecule has 0 radical (unpaired) electrons. The minimum Gasteiger partial charge on any atom is -0.465 e. The molecule has 2 rings (SSSR count). The van der Waals surface area contributed by atoms with Gasteiger partial charge in [0.1, 0.15) is 0 Å². The zero-order chi connectivity index (χ0) is 15.9. The van der Waals surface area contributed by atoms with Crippen LogP contribution in [0.4, 0.5) is 0 Å². The normalized spacial score (nSPS) is 11.7. The molecule has 0 aliphatic carbocycles. The lowest BCUT2D eigenvalue weighted by Gasteiger charge is -2.11. The van der Waals surface area contributed by atoms with Crippen LogP contribution in [0.25, 0.3) is 0 Å². The molecule has 1 heterocycles. The highest BCUT2D eigenvalue weighted by Gasteiger charge is 2.14. The Morgan fingerprint density at radius 3 is 2.55 bits per heavy atom. The average molecular weight is 317 g/mol. The molecule has 1 N–H and O–H groups in total. The maximum absolute atomic E-state index is 12.0. The van der Waals surface area contributed by atoms with Crippen LogP contribution in [0.5, 0.6) is 0 Å². The second-order valence-electron chi connectivity index (χ2n) is 5.01. The van der Waals surface area contributed by atoms with Gasteiger partial charge in [0.25, 0.3) is 0 Å². The summed E-state index contributed by atoms with van der Waals surface area (Å²) in [5, 5.41) is 6.91. The second-order valence-corrected chi connectivity index (χ2v) is 5.79. The first kappa shape index (κ1) is 16.2. The number of esters is 1. The van der Waals surface area contributed by atoms with Crippen molar-refractivity contribution in [2.45, 2.75) is 19.3 Å². The molecular formula is C17H19NO3S. The van der Waals surface area contributed by atoms with Crippen molar-refractivity contribution in [2.75, 3.05) is 13.7 Å². The highest BCUT2D eigenvalue weighted by Crippen LogP contribution is 2.18. The standard InChI is InChI=1S/C17H19NO3S/c1-12(15-8-10-22-11-15)16(19)18-9-7-13-3-5-14(6-4-13)17(20)21-2/h3-6,8,10-12H,7,9H2,1-2H3,(H,18,19)/t12-/m1/s1. The Labute approximate surface area is 134 Å². The van der Waals surface area contributed by atoms with Gasteiger partial charge in [0.15, 0.2) is 0 Å². The third-order valence-electron chi connectivity index (χ3n) is 3.52. The Balaban J connectivity index is 1.81. The van der Waals surface area contributed by atoms with Gasteiger partial charge in [0, 0.05) is 6.54 Å². The maximum Gasteiger partial charge on any atom is 0.337 e. The molecule has 2 aromatic rings. The molecule has 1 aromatic carbocycles. The molecule has 0 bridgehead atoms. The molecule has 5 heteroatoms. The Bertz CT molecular complexity index is 620. The summed E-state index contributed by atoms with van der Waals surface area (Å²) in [6.07, 6.45) is 0.726. The van der Waals surface area contributed by atoms with Gasteiger partial charge in [-0.05, 0) is 53.4 Å². The SMILES string of the molecule is COC(=O)c1ccc(CCNC(=O)[C@H](C)c2ccsc2)cc1. The lowest BCUT2D eigenvalue weighted by atomic mass is 10.0. The summed E-state index contributed by atoms with van der Waals surface area (Å²) >= 11 is 1.59. The number of benzene rings is 1. The van der Waals surface area contributed by atoms with Crippen molar-refractivity contribution in [3.05, 3.63) is 57.8 Å². The van der Waals surface area contributed by atoms with Gasteiger partial charge < -0.3 is 10.1 Å². The van der Waals surface area contributed by atoms with E-state index in [1.807, 2.05) is 35.9 Å². The molecule has 0 saturated heterocycles. The van der Waals surface area contributed by atoms with Crippen molar-refractivity contribution in [1.29, 1.82) is 0 Å². The predicted octanol–water partition coefficient (Wildman–Crippen LogP) is 3.00. The first-order valence-corrected chi connectivity index (χ1v) is 8.03. The number of thiophene rings is 1. The van der Waals surface area contributed by atoms with Gasteiger partial charge in [-0.15, -0.1) is 0 Å². The summed E-state index contributed by atoms with van der Waals surface area (Å²) in [6.45, 7) is 2.48. The van der Waals surface area contributed by atoms with Gasteiger partial charge in [0.05, 0.1) is 18.6 Å². The van der Waals surface area contributed by atoms with Gasteiger partial charge in [-0.3, -0.25) is 4.79 Å². The molecule has 0 saturated carbocycles. The van der Waals surface area contributed by atoms with Gasteiger partial charge in [-0.25, -0.2) is 4.79 Å². The lowest BCUT2D eigenvalue weighted by Crippen LogP contribution is -2.29. The van der Waals surface area contributed by atoms with Gasteiger partial charge in [0.2, 0.25) is 5.91 Å². The molecule has 0 aliphatic heterocycles. The quantitative estimate of drug-likeness (QED) is 0.833. The number of hydrogen-bond donors (Lipinski definition) is 1. The van der Waals surface area contributed by atoms with Crippen molar-refractivity contribution in [3.63, 3.8) is 0 Å². The van der Waals surface area contributed by atoms with Crippen LogP contribution in [0.15, 0.2) is 41.1 Å². The Morgan fingerprint density at radius 1 is 1.23 bits per heavy atom. The molecule has 1 aromatic heterocycles. The van der Waals surface area contributed by atoms with E-state index in [0.29, 0.717) is 12.1 Å². The van der Waals surface area contributed by atoms with Crippen molar-refractivity contribution < 1.29 is 14.3 Å². The topological polar surface area (TPSA) is 55.4 Å². The Kier molecular flexibility index (Phi) is 5.72. The highest BCUT2D eigenvalue weighted by molar-refractivity contribution is 7.08. The van der Waals surface area contributed by atoms with Crippen LogP contribution in [0.1, 0.15) is 34.3 Å². The van der Waals surface area contributed by atoms with E-state index in [9.17, 15) is 9.59 Å². The van der Waals surface area contributed by atoms with Gasteiger partial charge >= 0.3 is 5.97 Å². The molecule has 0 unspecified atom stereocenters. The second kappa shape index (κ2) is 7.75. The van der Waals surface area contributed by atoms with Crippen LogP contribution < -0.4 is 5.32 Å². The Hall–Kier alpha value is -2.14. The Morgan fingerprint density at radius 2 is 1.95 bits per heavy atom. The number of methoxy groups -OCH3 is 1. The van der Waals surface area contributed by atoms with E-state index in [1.54, 1.807) is 23.5 Å². The molecule has 0 aliphatic rings. The first-order valence-electron chi connectivity index (χ1n) is 7.09. The van der Waals surface area contributed by atoms with Crippen molar-refractivity contribution in [3.8, 4) is 0 Å². The smallest absolute Gasteiger partial charge is 0.337 e. The lowest BCUT2D eigenvalue weighted by molar-refractivity contribution is -0.122. The van der Waals surface area contributed by atoms with Gasteiger partial charge in [-0.2, -0.15) is 11.3 Å². The molecule has 22 heavy (non-hydrogen) atoms. The highest BCUT2D eigenvalue weighted by atomic mass is 32.1. The number of carbonyl (C=O) groups excluding carboxylic acids is 2. The predicted molar refractivity (Wildman–Crippen MR) is 87.2 cm³/mol. The van der Waals surface area contributed by atoms with Gasteiger partial charge in [-0.1, -0.05) is 12.1 Å². The zero-order valence-corrected chi connectivity index (χ0v) is 13.5. The average Bonchev–Trinajstić information content (AvgIpc) is 3.08. The minimum atomic E-state index is -0.343. The van der Waals surface area contributed by atoms with Crippen LogP contribution in [-0.2, 0) is 16.0 Å². The van der Waals surface area contributed by atoms with Crippen molar-refractivity contribution >= 4 is 23.2 Å². The monoisotopic (exact) mass is 317 g/mol. The van der Waals surface area contributed by atoms with E-state index in [0.717, 1.165) is 17.5 Å². The number of amides is 1.